The Kier molecular flexibility index (Phi) is 4.40. The molecule has 0 aliphatic carbocycles. The van der Waals surface area contributed by atoms with Crippen LogP contribution in [-0.4, -0.2) is 5.24 Å². The van der Waals surface area contributed by atoms with Gasteiger partial charge in [-0.2, -0.15) is 0 Å². The van der Waals surface area contributed by atoms with Gasteiger partial charge in [-0.25, -0.2) is 0 Å². The SMILES string of the molecule is O=C(Cl)C[C@H](c1ccccc1)c1ccc(Cl)cc1. The monoisotopic (exact) mass is 278 g/mol. The molecule has 3 heteroatoms. The van der Waals surface area contributed by atoms with Gasteiger partial charge in [0.15, 0.2) is 0 Å². The van der Waals surface area contributed by atoms with Crippen LogP contribution in [0.4, 0.5) is 0 Å². The lowest BCUT2D eigenvalue weighted by Gasteiger charge is -2.16. The molecule has 0 aliphatic rings. The van der Waals surface area contributed by atoms with Gasteiger partial charge in [0.25, 0.3) is 0 Å². The number of hydrogen-bond acceptors (Lipinski definition) is 1. The molecule has 92 valence electrons. The quantitative estimate of drug-likeness (QED) is 0.746. The third-order valence-corrected chi connectivity index (χ3v) is 3.25. The Morgan fingerprint density at radius 3 is 2.06 bits per heavy atom. The van der Waals surface area contributed by atoms with Crippen molar-refractivity contribution in [3.8, 4) is 0 Å². The van der Waals surface area contributed by atoms with E-state index in [9.17, 15) is 4.79 Å². The normalized spacial score (nSPS) is 12.1. The van der Waals surface area contributed by atoms with Crippen LogP contribution < -0.4 is 0 Å². The maximum absolute atomic E-state index is 11.2. The highest BCUT2D eigenvalue weighted by atomic mass is 35.5. The van der Waals surface area contributed by atoms with Crippen LogP contribution in [0.15, 0.2) is 54.6 Å². The number of rotatable bonds is 4. The van der Waals surface area contributed by atoms with E-state index in [1.165, 1.54) is 0 Å². The minimum Gasteiger partial charge on any atom is -0.281 e. The van der Waals surface area contributed by atoms with Gasteiger partial charge in [-0.15, -0.1) is 0 Å². The van der Waals surface area contributed by atoms with E-state index in [1.54, 1.807) is 0 Å². The minimum absolute atomic E-state index is 0.0199. The zero-order valence-electron chi connectivity index (χ0n) is 9.64. The summed E-state index contributed by atoms with van der Waals surface area (Å²) >= 11 is 11.4. The van der Waals surface area contributed by atoms with Gasteiger partial charge in [0, 0.05) is 17.4 Å². The van der Waals surface area contributed by atoms with Gasteiger partial charge >= 0.3 is 0 Å². The fourth-order valence-electron chi connectivity index (χ4n) is 1.97. The first-order valence-corrected chi connectivity index (χ1v) is 6.41. The lowest BCUT2D eigenvalue weighted by Crippen LogP contribution is -2.04. The van der Waals surface area contributed by atoms with Crippen LogP contribution >= 0.6 is 23.2 Å². The second kappa shape index (κ2) is 6.03. The third kappa shape index (κ3) is 3.34. The van der Waals surface area contributed by atoms with Crippen LogP contribution in [0.25, 0.3) is 0 Å². The molecule has 0 saturated heterocycles. The Balaban J connectivity index is 2.36. The zero-order chi connectivity index (χ0) is 13.0. The minimum atomic E-state index is -0.334. The van der Waals surface area contributed by atoms with E-state index in [4.69, 9.17) is 23.2 Å². The molecule has 2 aromatic rings. The van der Waals surface area contributed by atoms with Crippen LogP contribution in [0.5, 0.6) is 0 Å². The molecule has 0 radical (unpaired) electrons. The largest absolute Gasteiger partial charge is 0.281 e. The maximum atomic E-state index is 11.2. The molecule has 0 saturated carbocycles. The molecule has 0 heterocycles. The van der Waals surface area contributed by atoms with E-state index >= 15 is 0 Å². The predicted octanol–water partition coefficient (Wildman–Crippen LogP) is 4.63. The standard InChI is InChI=1S/C15H12Cl2O/c16-13-8-6-12(7-9-13)14(10-15(17)18)11-4-2-1-3-5-11/h1-9,14H,10H2/t14-/m1/s1. The molecule has 0 fully saturated rings. The summed E-state index contributed by atoms with van der Waals surface area (Å²) < 4.78 is 0. The number of benzene rings is 2. The molecule has 0 unspecified atom stereocenters. The van der Waals surface area contributed by atoms with E-state index in [2.05, 4.69) is 0 Å². The average Bonchev–Trinajstić information content (AvgIpc) is 2.38. The smallest absolute Gasteiger partial charge is 0.222 e. The van der Waals surface area contributed by atoms with Gasteiger partial charge in [-0.3, -0.25) is 4.79 Å². The van der Waals surface area contributed by atoms with Gasteiger partial charge < -0.3 is 0 Å². The van der Waals surface area contributed by atoms with Crippen molar-refractivity contribution < 1.29 is 4.79 Å². The Labute approximate surface area is 116 Å². The molecule has 0 spiro atoms. The van der Waals surface area contributed by atoms with Crippen molar-refractivity contribution in [1.29, 1.82) is 0 Å². The van der Waals surface area contributed by atoms with Crippen LogP contribution in [0.3, 0.4) is 0 Å². The van der Waals surface area contributed by atoms with Crippen molar-refractivity contribution in [2.45, 2.75) is 12.3 Å². The first-order valence-electron chi connectivity index (χ1n) is 5.65. The molecule has 0 aliphatic heterocycles. The Hall–Kier alpha value is -1.31. The molecule has 1 nitrogen and oxygen atoms in total. The first-order chi connectivity index (χ1) is 8.66. The first kappa shape index (κ1) is 13.1. The molecule has 0 N–H and O–H groups in total. The van der Waals surface area contributed by atoms with E-state index in [-0.39, 0.29) is 17.6 Å². The van der Waals surface area contributed by atoms with Crippen LogP contribution in [0.1, 0.15) is 23.5 Å². The van der Waals surface area contributed by atoms with Crippen molar-refractivity contribution in [2.24, 2.45) is 0 Å². The van der Waals surface area contributed by atoms with E-state index in [0.29, 0.717) is 5.02 Å². The molecule has 0 bridgehead atoms. The fourth-order valence-corrected chi connectivity index (χ4v) is 2.25. The second-order valence-corrected chi connectivity index (χ2v) is 4.93. The highest BCUT2D eigenvalue weighted by Gasteiger charge is 2.16. The van der Waals surface area contributed by atoms with Crippen LogP contribution in [-0.2, 0) is 4.79 Å². The van der Waals surface area contributed by atoms with Crippen molar-refractivity contribution >= 4 is 28.4 Å². The summed E-state index contributed by atoms with van der Waals surface area (Å²) in [7, 11) is 0. The Morgan fingerprint density at radius 2 is 1.50 bits per heavy atom. The van der Waals surface area contributed by atoms with Gasteiger partial charge in [0.1, 0.15) is 0 Å². The van der Waals surface area contributed by atoms with Crippen LogP contribution in [0, 0.1) is 0 Å². The molecule has 1 atom stereocenters. The highest BCUT2D eigenvalue weighted by Crippen LogP contribution is 2.29. The maximum Gasteiger partial charge on any atom is 0.222 e. The summed E-state index contributed by atoms with van der Waals surface area (Å²) in [6, 6.07) is 17.4. The molecule has 0 amide bonds. The molecule has 2 rings (SSSR count). The summed E-state index contributed by atoms with van der Waals surface area (Å²) in [4.78, 5) is 11.2. The van der Waals surface area contributed by atoms with Gasteiger partial charge in [-0.1, -0.05) is 54.1 Å². The van der Waals surface area contributed by atoms with Crippen molar-refractivity contribution in [3.63, 3.8) is 0 Å². The zero-order valence-corrected chi connectivity index (χ0v) is 11.2. The lowest BCUT2D eigenvalue weighted by atomic mass is 9.89. The second-order valence-electron chi connectivity index (χ2n) is 4.07. The molecular weight excluding hydrogens is 267 g/mol. The van der Waals surface area contributed by atoms with Crippen LogP contribution in [0.2, 0.25) is 5.02 Å². The lowest BCUT2D eigenvalue weighted by molar-refractivity contribution is -0.111. The summed E-state index contributed by atoms with van der Waals surface area (Å²) in [5.41, 5.74) is 2.12. The Bertz CT molecular complexity index is 520. The average molecular weight is 279 g/mol. The summed E-state index contributed by atoms with van der Waals surface area (Å²) in [6.07, 6.45) is 0.285. The number of carbonyl (C=O) groups is 1. The fraction of sp³-hybridized carbons (Fsp3) is 0.133. The highest BCUT2D eigenvalue weighted by molar-refractivity contribution is 6.63. The summed E-state index contributed by atoms with van der Waals surface area (Å²) in [6.45, 7) is 0. The van der Waals surface area contributed by atoms with Crippen molar-refractivity contribution in [2.75, 3.05) is 0 Å². The topological polar surface area (TPSA) is 17.1 Å². The van der Waals surface area contributed by atoms with Crippen molar-refractivity contribution in [1.82, 2.24) is 0 Å². The Morgan fingerprint density at radius 1 is 0.944 bits per heavy atom. The van der Waals surface area contributed by atoms with Gasteiger partial charge in [0.2, 0.25) is 5.24 Å². The predicted molar refractivity (Wildman–Crippen MR) is 75.2 cm³/mol. The molecule has 0 aromatic heterocycles. The summed E-state index contributed by atoms with van der Waals surface area (Å²) in [5, 5.41) is 0.349. The number of halogens is 2. The number of carbonyl (C=O) groups excluding carboxylic acids is 1. The molecule has 2 aromatic carbocycles. The van der Waals surface area contributed by atoms with E-state index in [1.807, 2.05) is 54.6 Å². The number of hydrogen-bond donors (Lipinski definition) is 0. The van der Waals surface area contributed by atoms with Gasteiger partial charge in [-0.05, 0) is 34.9 Å². The third-order valence-electron chi connectivity index (χ3n) is 2.84. The summed E-state index contributed by atoms with van der Waals surface area (Å²) in [5.74, 6) is -0.0199. The van der Waals surface area contributed by atoms with Crippen molar-refractivity contribution in [3.05, 3.63) is 70.7 Å². The van der Waals surface area contributed by atoms with Gasteiger partial charge in [0.05, 0.1) is 0 Å². The molecule has 18 heavy (non-hydrogen) atoms. The molecular formula is C15H12Cl2O. The van der Waals surface area contributed by atoms with E-state index in [0.717, 1.165) is 11.1 Å². The van der Waals surface area contributed by atoms with E-state index < -0.39 is 0 Å².